The fourth-order valence-corrected chi connectivity index (χ4v) is 2.16. The van der Waals surface area contributed by atoms with Gasteiger partial charge in [-0.1, -0.05) is 0 Å². The molecule has 0 saturated heterocycles. The summed E-state index contributed by atoms with van der Waals surface area (Å²) in [5, 5.41) is 15.8. The molecule has 0 amide bonds. The van der Waals surface area contributed by atoms with Crippen molar-refractivity contribution in [3.63, 3.8) is 0 Å². The molecule has 1 aliphatic rings. The lowest BCUT2D eigenvalue weighted by atomic mass is 9.88. The van der Waals surface area contributed by atoms with Crippen LogP contribution in [0, 0.1) is 0 Å². The van der Waals surface area contributed by atoms with Crippen molar-refractivity contribution in [2.75, 3.05) is 16.4 Å². The normalized spacial score (nSPS) is 23.2. The van der Waals surface area contributed by atoms with E-state index in [1.807, 2.05) is 13.8 Å². The van der Waals surface area contributed by atoms with Crippen LogP contribution in [0.1, 0.15) is 20.8 Å². The molecule has 94 valence electrons. The van der Waals surface area contributed by atoms with Crippen LogP contribution in [0.2, 0.25) is 0 Å². The van der Waals surface area contributed by atoms with Gasteiger partial charge >= 0.3 is 0 Å². The Bertz CT molecular complexity index is 494. The van der Waals surface area contributed by atoms with E-state index in [4.69, 9.17) is 5.73 Å². The highest BCUT2D eigenvalue weighted by Gasteiger charge is 2.39. The maximum Gasteiger partial charge on any atom is 0.277 e. The van der Waals surface area contributed by atoms with Crippen molar-refractivity contribution in [1.82, 2.24) is 9.97 Å². The van der Waals surface area contributed by atoms with Gasteiger partial charge in [0.1, 0.15) is 5.69 Å². The van der Waals surface area contributed by atoms with Gasteiger partial charge in [0.15, 0.2) is 5.82 Å². The molecule has 0 spiro atoms. The lowest BCUT2D eigenvalue weighted by molar-refractivity contribution is 0.145. The van der Waals surface area contributed by atoms with Gasteiger partial charge in [0.05, 0.1) is 17.7 Å². The second kappa shape index (κ2) is 3.63. The molecule has 6 N–H and O–H groups in total. The third-order valence-corrected chi connectivity index (χ3v) is 2.94. The Morgan fingerprint density at radius 2 is 2.18 bits per heavy atom. The highest BCUT2D eigenvalue weighted by atomic mass is 16.3. The van der Waals surface area contributed by atoms with Gasteiger partial charge in [0, 0.05) is 0 Å². The van der Waals surface area contributed by atoms with Crippen molar-refractivity contribution in [1.29, 1.82) is 0 Å². The molecular weight excluding hydrogens is 222 g/mol. The molecule has 0 radical (unpaired) electrons. The molecule has 1 aromatic heterocycles. The zero-order chi connectivity index (χ0) is 12.8. The molecule has 2 atom stereocenters. The second-order valence-electron chi connectivity index (χ2n) is 4.88. The number of nitrogen functional groups attached to an aromatic ring is 1. The SMILES string of the molecule is CC(O)C1Nc2c(nc(N)[nH]c2=O)NC1(C)C. The van der Waals surface area contributed by atoms with Crippen molar-refractivity contribution in [3.8, 4) is 0 Å². The standard InChI is InChI=1S/C10H17N5O2/c1-4(16)6-10(2,3)15-7-5(12-6)8(17)14-9(11)13-7/h4,6,12,16H,1-3H3,(H4,11,13,14,15,17). The zero-order valence-electron chi connectivity index (χ0n) is 10.0. The number of rotatable bonds is 1. The smallest absolute Gasteiger partial charge is 0.277 e. The van der Waals surface area contributed by atoms with Gasteiger partial charge in [-0.15, -0.1) is 0 Å². The van der Waals surface area contributed by atoms with Crippen LogP contribution in [0.5, 0.6) is 0 Å². The molecular formula is C10H17N5O2. The lowest BCUT2D eigenvalue weighted by Crippen LogP contribution is -2.57. The van der Waals surface area contributed by atoms with Crippen LogP contribution < -0.4 is 21.9 Å². The number of hydrogen-bond donors (Lipinski definition) is 5. The Morgan fingerprint density at radius 3 is 2.76 bits per heavy atom. The number of aliphatic hydroxyl groups is 1. The van der Waals surface area contributed by atoms with Gasteiger partial charge in [-0.05, 0) is 20.8 Å². The van der Waals surface area contributed by atoms with Gasteiger partial charge in [-0.25, -0.2) is 0 Å². The van der Waals surface area contributed by atoms with Crippen LogP contribution in [-0.2, 0) is 0 Å². The molecule has 0 aromatic carbocycles. The average Bonchev–Trinajstić information content (AvgIpc) is 2.13. The summed E-state index contributed by atoms with van der Waals surface area (Å²) in [5.74, 6) is 0.475. The quantitative estimate of drug-likeness (QED) is 0.460. The van der Waals surface area contributed by atoms with E-state index in [0.717, 1.165) is 0 Å². The van der Waals surface area contributed by atoms with Crippen LogP contribution in [0.25, 0.3) is 0 Å². The van der Waals surface area contributed by atoms with Gasteiger partial charge in [0.25, 0.3) is 5.56 Å². The highest BCUT2D eigenvalue weighted by molar-refractivity contribution is 5.69. The largest absolute Gasteiger partial charge is 0.391 e. The Morgan fingerprint density at radius 1 is 1.53 bits per heavy atom. The Labute approximate surface area is 98.4 Å². The van der Waals surface area contributed by atoms with Crippen molar-refractivity contribution in [3.05, 3.63) is 10.4 Å². The van der Waals surface area contributed by atoms with Crippen molar-refractivity contribution >= 4 is 17.5 Å². The van der Waals surface area contributed by atoms with E-state index in [1.165, 1.54) is 0 Å². The Hall–Kier alpha value is -1.76. The van der Waals surface area contributed by atoms with E-state index in [0.29, 0.717) is 11.5 Å². The second-order valence-corrected chi connectivity index (χ2v) is 4.88. The fraction of sp³-hybridized carbons (Fsp3) is 0.600. The molecule has 2 unspecified atom stereocenters. The summed E-state index contributed by atoms with van der Waals surface area (Å²) in [6.07, 6.45) is -0.609. The summed E-state index contributed by atoms with van der Waals surface area (Å²) in [4.78, 5) is 18.1. The Kier molecular flexibility index (Phi) is 2.50. The number of aromatic nitrogens is 2. The molecule has 17 heavy (non-hydrogen) atoms. The van der Waals surface area contributed by atoms with E-state index in [-0.39, 0.29) is 17.5 Å². The number of nitrogens with two attached hydrogens (primary N) is 1. The number of hydrogen-bond acceptors (Lipinski definition) is 6. The summed E-state index contributed by atoms with van der Waals surface area (Å²) in [6, 6.07) is -0.290. The third-order valence-electron chi connectivity index (χ3n) is 2.94. The molecule has 7 heteroatoms. The first kappa shape index (κ1) is 11.7. The summed E-state index contributed by atoms with van der Waals surface area (Å²) >= 11 is 0. The zero-order valence-corrected chi connectivity index (χ0v) is 10.0. The molecule has 1 aromatic rings. The molecule has 2 rings (SSSR count). The van der Waals surface area contributed by atoms with Crippen LogP contribution in [0.4, 0.5) is 17.5 Å². The average molecular weight is 239 g/mol. The first-order valence-corrected chi connectivity index (χ1v) is 5.44. The van der Waals surface area contributed by atoms with Crippen LogP contribution in [-0.4, -0.2) is 32.8 Å². The Balaban J connectivity index is 2.50. The third kappa shape index (κ3) is 1.93. The number of aliphatic hydroxyl groups excluding tert-OH is 1. The van der Waals surface area contributed by atoms with Crippen LogP contribution in [0.15, 0.2) is 4.79 Å². The number of nitrogens with one attached hydrogen (secondary N) is 3. The number of fused-ring (bicyclic) bond motifs is 1. The monoisotopic (exact) mass is 239 g/mol. The van der Waals surface area contributed by atoms with Gasteiger partial charge in [0.2, 0.25) is 5.95 Å². The summed E-state index contributed by atoms with van der Waals surface area (Å²) in [6.45, 7) is 5.50. The van der Waals surface area contributed by atoms with Crippen molar-refractivity contribution in [2.24, 2.45) is 0 Å². The van der Waals surface area contributed by atoms with E-state index in [1.54, 1.807) is 6.92 Å². The lowest BCUT2D eigenvalue weighted by Gasteiger charge is -2.42. The van der Waals surface area contributed by atoms with E-state index in [9.17, 15) is 9.90 Å². The predicted molar refractivity (Wildman–Crippen MR) is 66.1 cm³/mol. The molecule has 0 aliphatic carbocycles. The molecule has 0 saturated carbocycles. The minimum Gasteiger partial charge on any atom is -0.391 e. The predicted octanol–water partition coefficient (Wildman–Crippen LogP) is -0.283. The summed E-state index contributed by atoms with van der Waals surface area (Å²) < 4.78 is 0. The van der Waals surface area contributed by atoms with Gasteiger partial charge in [-0.2, -0.15) is 4.98 Å². The van der Waals surface area contributed by atoms with E-state index < -0.39 is 11.6 Å². The fourth-order valence-electron chi connectivity index (χ4n) is 2.16. The summed E-state index contributed by atoms with van der Waals surface area (Å²) in [5.41, 5.74) is 5.01. The van der Waals surface area contributed by atoms with E-state index >= 15 is 0 Å². The number of nitrogens with zero attached hydrogens (tertiary/aromatic N) is 1. The molecule has 1 aliphatic heterocycles. The summed E-state index contributed by atoms with van der Waals surface area (Å²) in [7, 11) is 0. The van der Waals surface area contributed by atoms with Gasteiger partial charge in [-0.3, -0.25) is 9.78 Å². The minimum absolute atomic E-state index is 0.0642. The maximum absolute atomic E-state index is 11.7. The topological polar surface area (TPSA) is 116 Å². The van der Waals surface area contributed by atoms with Crippen LogP contribution in [0.3, 0.4) is 0 Å². The first-order chi connectivity index (χ1) is 7.81. The molecule has 0 fully saturated rings. The van der Waals surface area contributed by atoms with Gasteiger partial charge < -0.3 is 21.5 Å². The number of anilines is 3. The maximum atomic E-state index is 11.7. The number of H-pyrrole nitrogens is 1. The molecule has 2 heterocycles. The molecule has 7 nitrogen and oxygen atoms in total. The molecule has 0 bridgehead atoms. The van der Waals surface area contributed by atoms with Crippen LogP contribution >= 0.6 is 0 Å². The van der Waals surface area contributed by atoms with E-state index in [2.05, 4.69) is 20.6 Å². The number of aromatic amines is 1. The van der Waals surface area contributed by atoms with Crippen molar-refractivity contribution < 1.29 is 5.11 Å². The minimum atomic E-state index is -0.609. The highest BCUT2D eigenvalue weighted by Crippen LogP contribution is 2.30. The van der Waals surface area contributed by atoms with Crippen molar-refractivity contribution in [2.45, 2.75) is 38.5 Å². The first-order valence-electron chi connectivity index (χ1n) is 5.44.